The Morgan fingerprint density at radius 2 is 1.48 bits per heavy atom. The summed E-state index contributed by atoms with van der Waals surface area (Å²) in [6.07, 6.45) is 1.77. The molecule has 1 atom stereocenters. The van der Waals surface area contributed by atoms with Crippen molar-refractivity contribution >= 4 is 24.7 Å². The predicted molar refractivity (Wildman–Crippen MR) is 114 cm³/mol. The van der Waals surface area contributed by atoms with Crippen LogP contribution in [-0.2, 0) is 9.22 Å². The zero-order chi connectivity index (χ0) is 20.1. The van der Waals surface area contributed by atoms with E-state index in [4.69, 9.17) is 9.53 Å². The van der Waals surface area contributed by atoms with Gasteiger partial charge in [-0.1, -0.05) is 87.0 Å². The third-order valence-corrected chi connectivity index (χ3v) is 9.94. The van der Waals surface area contributed by atoms with Crippen molar-refractivity contribution in [3.63, 3.8) is 0 Å². The summed E-state index contributed by atoms with van der Waals surface area (Å²) < 4.78 is 6.93. The van der Waals surface area contributed by atoms with Gasteiger partial charge in [-0.15, -0.1) is 0 Å². The highest BCUT2D eigenvalue weighted by atomic mass is 28.4. The molecule has 27 heavy (non-hydrogen) atoms. The first-order valence-corrected chi connectivity index (χ1v) is 11.3. The molecule has 0 spiro atoms. The monoisotopic (exact) mass is 382 g/mol. The van der Waals surface area contributed by atoms with E-state index < -0.39 is 14.3 Å². The molecule has 0 fully saturated rings. The van der Waals surface area contributed by atoms with Crippen LogP contribution in [0.3, 0.4) is 0 Å². The van der Waals surface area contributed by atoms with Crippen LogP contribution in [0, 0.1) is 0 Å². The fraction of sp³-hybridized carbons (Fsp3) is 0.348. The van der Waals surface area contributed by atoms with E-state index in [2.05, 4.69) is 69.3 Å². The Bertz CT molecular complexity index is 737. The predicted octanol–water partition coefficient (Wildman–Crippen LogP) is 4.37. The average Bonchev–Trinajstić information content (AvgIpc) is 2.59. The summed E-state index contributed by atoms with van der Waals surface area (Å²) in [6, 6.07) is 21.0. The molecule has 0 aliphatic heterocycles. The molecule has 0 aliphatic rings. The maximum absolute atomic E-state index is 11.0. The van der Waals surface area contributed by atoms with Crippen molar-refractivity contribution in [3.8, 4) is 0 Å². The largest absolute Gasteiger partial charge is 0.478 e. The van der Waals surface area contributed by atoms with Gasteiger partial charge in [-0.25, -0.2) is 4.79 Å². The Hall–Kier alpha value is -2.17. The van der Waals surface area contributed by atoms with Crippen LogP contribution in [0.15, 0.2) is 72.3 Å². The van der Waals surface area contributed by atoms with Crippen molar-refractivity contribution in [2.45, 2.75) is 52.2 Å². The third-order valence-electron chi connectivity index (χ3n) is 4.77. The summed E-state index contributed by atoms with van der Waals surface area (Å²) in [5, 5.41) is 11.4. The summed E-state index contributed by atoms with van der Waals surface area (Å²) >= 11 is 0. The van der Waals surface area contributed by atoms with Gasteiger partial charge in [0.25, 0.3) is 8.32 Å². The normalized spacial score (nSPS) is 14.0. The van der Waals surface area contributed by atoms with Crippen LogP contribution in [0.25, 0.3) is 0 Å². The number of hydrogen-bond acceptors (Lipinski definition) is 2. The highest BCUT2D eigenvalue weighted by molar-refractivity contribution is 6.99. The Morgan fingerprint density at radius 1 is 1.04 bits per heavy atom. The number of carbonyl (C=O) groups is 1. The van der Waals surface area contributed by atoms with E-state index in [-0.39, 0.29) is 11.1 Å². The van der Waals surface area contributed by atoms with Gasteiger partial charge in [0.1, 0.15) is 0 Å². The van der Waals surface area contributed by atoms with Crippen LogP contribution in [0.1, 0.15) is 41.0 Å². The SMILES string of the molecule is C/C(=C\C(=O)O)CC(C)O[Si](c1ccccc1)(c1ccccc1)C(C)(C)C. The van der Waals surface area contributed by atoms with Crippen LogP contribution in [-0.4, -0.2) is 25.5 Å². The summed E-state index contributed by atoms with van der Waals surface area (Å²) in [5.74, 6) is -0.912. The quantitative estimate of drug-likeness (QED) is 0.571. The third kappa shape index (κ3) is 4.96. The van der Waals surface area contributed by atoms with E-state index in [1.54, 1.807) is 0 Å². The van der Waals surface area contributed by atoms with Crippen molar-refractivity contribution < 1.29 is 14.3 Å². The molecular formula is C23H30O3Si. The number of aliphatic carboxylic acids is 1. The highest BCUT2D eigenvalue weighted by Crippen LogP contribution is 2.38. The minimum Gasteiger partial charge on any atom is -0.478 e. The fourth-order valence-electron chi connectivity index (χ4n) is 3.76. The molecule has 2 rings (SSSR count). The second kappa shape index (κ2) is 8.68. The molecule has 0 saturated carbocycles. The molecule has 0 amide bonds. The molecule has 0 radical (unpaired) electrons. The maximum Gasteiger partial charge on any atom is 0.328 e. The van der Waals surface area contributed by atoms with Crippen molar-refractivity contribution in [1.29, 1.82) is 0 Å². The molecule has 1 unspecified atom stereocenters. The molecule has 1 N–H and O–H groups in total. The molecule has 3 nitrogen and oxygen atoms in total. The summed E-state index contributed by atoms with van der Waals surface area (Å²) in [7, 11) is -2.59. The highest BCUT2D eigenvalue weighted by Gasteiger charge is 2.50. The van der Waals surface area contributed by atoms with Crippen molar-refractivity contribution in [1.82, 2.24) is 0 Å². The van der Waals surface area contributed by atoms with Crippen molar-refractivity contribution in [3.05, 3.63) is 72.3 Å². The van der Waals surface area contributed by atoms with Gasteiger partial charge < -0.3 is 9.53 Å². The van der Waals surface area contributed by atoms with Crippen molar-refractivity contribution in [2.75, 3.05) is 0 Å². The van der Waals surface area contributed by atoms with Crippen LogP contribution in [0.4, 0.5) is 0 Å². The lowest BCUT2D eigenvalue weighted by atomic mass is 10.1. The first kappa shape index (κ1) is 21.1. The Balaban J connectivity index is 2.54. The second-order valence-corrected chi connectivity index (χ2v) is 12.4. The molecule has 0 heterocycles. The lowest BCUT2D eigenvalue weighted by molar-refractivity contribution is -0.131. The Morgan fingerprint density at radius 3 is 1.85 bits per heavy atom. The topological polar surface area (TPSA) is 46.5 Å². The molecule has 2 aromatic carbocycles. The average molecular weight is 383 g/mol. The molecule has 4 heteroatoms. The zero-order valence-electron chi connectivity index (χ0n) is 16.9. The van der Waals surface area contributed by atoms with Gasteiger partial charge in [-0.3, -0.25) is 0 Å². The van der Waals surface area contributed by atoms with Crippen LogP contribution in [0.5, 0.6) is 0 Å². The standard InChI is InChI=1S/C23H30O3Si/c1-18(17-22(24)25)16-19(2)26-27(23(3,4)5,20-12-8-6-9-13-20)21-14-10-7-11-15-21/h6-15,17,19H,16H2,1-5H3,(H,24,25)/b18-17+. The van der Waals surface area contributed by atoms with Gasteiger partial charge in [0, 0.05) is 12.2 Å². The molecule has 0 bridgehead atoms. The molecule has 0 aromatic heterocycles. The maximum atomic E-state index is 11.0. The van der Waals surface area contributed by atoms with E-state index >= 15 is 0 Å². The smallest absolute Gasteiger partial charge is 0.328 e. The second-order valence-electron chi connectivity index (χ2n) is 8.12. The van der Waals surface area contributed by atoms with Crippen molar-refractivity contribution in [2.24, 2.45) is 0 Å². The molecule has 0 saturated heterocycles. The minimum atomic E-state index is -2.59. The molecule has 144 valence electrons. The van der Waals surface area contributed by atoms with Gasteiger partial charge >= 0.3 is 5.97 Å². The van der Waals surface area contributed by atoms with E-state index in [1.165, 1.54) is 16.4 Å². The molecule has 0 aliphatic carbocycles. The number of carboxylic acid groups (broad SMARTS) is 1. The first-order valence-electron chi connectivity index (χ1n) is 9.36. The van der Waals surface area contributed by atoms with Gasteiger partial charge in [0.05, 0.1) is 0 Å². The minimum absolute atomic E-state index is 0.0889. The zero-order valence-corrected chi connectivity index (χ0v) is 17.9. The number of benzene rings is 2. The number of carboxylic acids is 1. The summed E-state index contributed by atoms with van der Waals surface area (Å²) in [6.45, 7) is 10.6. The van der Waals surface area contributed by atoms with Gasteiger partial charge in [0.2, 0.25) is 0 Å². The Kier molecular flexibility index (Phi) is 6.79. The molecular weight excluding hydrogens is 352 g/mol. The summed E-state index contributed by atoms with van der Waals surface area (Å²) in [5.41, 5.74) is 0.813. The van der Waals surface area contributed by atoms with Gasteiger partial charge in [-0.2, -0.15) is 0 Å². The van der Waals surface area contributed by atoms with Gasteiger partial charge in [0.15, 0.2) is 0 Å². The lowest BCUT2D eigenvalue weighted by Crippen LogP contribution is -2.67. The van der Waals surface area contributed by atoms with E-state index in [0.29, 0.717) is 6.42 Å². The lowest BCUT2D eigenvalue weighted by Gasteiger charge is -2.44. The summed E-state index contributed by atoms with van der Waals surface area (Å²) in [4.78, 5) is 11.0. The van der Waals surface area contributed by atoms with Gasteiger partial charge in [-0.05, 0) is 35.7 Å². The number of hydrogen-bond donors (Lipinski definition) is 1. The van der Waals surface area contributed by atoms with Crippen LogP contribution >= 0.6 is 0 Å². The van der Waals surface area contributed by atoms with E-state index in [9.17, 15) is 4.79 Å². The van der Waals surface area contributed by atoms with E-state index in [0.717, 1.165) is 5.57 Å². The molecule has 2 aromatic rings. The first-order chi connectivity index (χ1) is 12.7. The fourth-order valence-corrected chi connectivity index (χ4v) is 8.46. The van der Waals surface area contributed by atoms with Crippen LogP contribution < -0.4 is 10.4 Å². The Labute approximate surface area is 163 Å². The van der Waals surface area contributed by atoms with E-state index in [1.807, 2.05) is 26.0 Å². The number of rotatable bonds is 7. The van der Waals surface area contributed by atoms with Crippen LogP contribution in [0.2, 0.25) is 5.04 Å².